The van der Waals surface area contributed by atoms with E-state index in [0.717, 1.165) is 12.1 Å². The minimum Gasteiger partial charge on any atom is -0.466 e. The molecule has 0 radical (unpaired) electrons. The van der Waals surface area contributed by atoms with E-state index >= 15 is 0 Å². The third kappa shape index (κ3) is 4.02. The van der Waals surface area contributed by atoms with Crippen LogP contribution in [-0.2, 0) is 9.53 Å². The van der Waals surface area contributed by atoms with Gasteiger partial charge in [-0.15, -0.1) is 0 Å². The fourth-order valence-electron chi connectivity index (χ4n) is 1.59. The maximum absolute atomic E-state index is 12.9. The summed E-state index contributed by atoms with van der Waals surface area (Å²) in [6.07, 6.45) is -3.28. The molecule has 2 N–H and O–H groups in total. The smallest absolute Gasteiger partial charge is 0.308 e. The van der Waals surface area contributed by atoms with Crippen molar-refractivity contribution in [1.82, 2.24) is 0 Å². The monoisotopic (exact) mass is 267 g/mol. The van der Waals surface area contributed by atoms with Crippen molar-refractivity contribution in [1.29, 1.82) is 5.26 Å². The van der Waals surface area contributed by atoms with Gasteiger partial charge in [-0.05, 0) is 19.1 Å². The highest BCUT2D eigenvalue weighted by Crippen LogP contribution is 2.23. The van der Waals surface area contributed by atoms with Crippen LogP contribution in [0, 0.1) is 17.1 Å². The van der Waals surface area contributed by atoms with Gasteiger partial charge < -0.3 is 14.9 Å². The van der Waals surface area contributed by atoms with Gasteiger partial charge >= 0.3 is 5.97 Å². The molecule has 0 fully saturated rings. The lowest BCUT2D eigenvalue weighted by molar-refractivity contribution is -0.147. The third-order valence-corrected chi connectivity index (χ3v) is 2.50. The molecule has 0 spiro atoms. The Morgan fingerprint density at radius 3 is 2.79 bits per heavy atom. The van der Waals surface area contributed by atoms with Gasteiger partial charge in [-0.3, -0.25) is 4.79 Å². The summed E-state index contributed by atoms with van der Waals surface area (Å²) in [5, 5.41) is 28.4. The SMILES string of the molecule is CCOC(=O)CC(O)C(O)c1ccc(F)cc1C#N. The van der Waals surface area contributed by atoms with Crippen molar-refractivity contribution in [3.05, 3.63) is 35.1 Å². The van der Waals surface area contributed by atoms with Crippen LogP contribution in [0.25, 0.3) is 0 Å². The molecule has 0 aliphatic heterocycles. The number of benzene rings is 1. The summed E-state index contributed by atoms with van der Waals surface area (Å²) in [5.41, 5.74) is -0.0175. The fourth-order valence-corrected chi connectivity index (χ4v) is 1.59. The van der Waals surface area contributed by atoms with Crippen LogP contribution in [0.5, 0.6) is 0 Å². The minimum absolute atomic E-state index is 0.0701. The van der Waals surface area contributed by atoms with E-state index in [4.69, 9.17) is 5.26 Å². The molecule has 1 aromatic carbocycles. The number of esters is 1. The number of rotatable bonds is 5. The van der Waals surface area contributed by atoms with E-state index < -0.39 is 30.4 Å². The number of aliphatic hydroxyl groups excluding tert-OH is 2. The summed E-state index contributed by atoms with van der Waals surface area (Å²) < 4.78 is 17.6. The van der Waals surface area contributed by atoms with Crippen molar-refractivity contribution in [2.45, 2.75) is 25.6 Å². The number of aliphatic hydroxyl groups is 2. The first-order valence-electron chi connectivity index (χ1n) is 5.70. The molecule has 1 rings (SSSR count). The van der Waals surface area contributed by atoms with Crippen LogP contribution in [0.3, 0.4) is 0 Å². The van der Waals surface area contributed by atoms with Gasteiger partial charge in [-0.2, -0.15) is 5.26 Å². The topological polar surface area (TPSA) is 90.6 Å². The molecule has 1 aromatic rings. The van der Waals surface area contributed by atoms with Crippen LogP contribution in [-0.4, -0.2) is 28.9 Å². The Labute approximate surface area is 109 Å². The lowest BCUT2D eigenvalue weighted by atomic mass is 9.97. The molecule has 6 heteroatoms. The second-order valence-corrected chi connectivity index (χ2v) is 3.86. The number of nitrogens with zero attached hydrogens (tertiary/aromatic N) is 1. The Balaban J connectivity index is 2.85. The Kier molecular flexibility index (Phi) is 5.42. The lowest BCUT2D eigenvalue weighted by Gasteiger charge is -2.18. The molecule has 2 atom stereocenters. The van der Waals surface area contributed by atoms with Gasteiger partial charge in [-0.25, -0.2) is 4.39 Å². The molecule has 0 saturated heterocycles. The van der Waals surface area contributed by atoms with E-state index in [2.05, 4.69) is 4.74 Å². The molecule has 0 heterocycles. The fraction of sp³-hybridized carbons (Fsp3) is 0.385. The van der Waals surface area contributed by atoms with Crippen molar-refractivity contribution in [2.24, 2.45) is 0 Å². The Morgan fingerprint density at radius 2 is 2.21 bits per heavy atom. The highest BCUT2D eigenvalue weighted by Gasteiger charge is 2.24. The molecule has 102 valence electrons. The molecule has 0 bridgehead atoms. The highest BCUT2D eigenvalue weighted by atomic mass is 19.1. The maximum atomic E-state index is 12.9. The largest absolute Gasteiger partial charge is 0.466 e. The molecule has 0 saturated carbocycles. The second kappa shape index (κ2) is 6.83. The van der Waals surface area contributed by atoms with E-state index in [1.807, 2.05) is 0 Å². The number of carbonyl (C=O) groups excluding carboxylic acids is 1. The average Bonchev–Trinajstić information content (AvgIpc) is 2.37. The normalized spacial score (nSPS) is 13.4. The first-order chi connectivity index (χ1) is 8.99. The summed E-state index contributed by atoms with van der Waals surface area (Å²) in [5.74, 6) is -1.28. The first-order valence-corrected chi connectivity index (χ1v) is 5.70. The van der Waals surface area contributed by atoms with Gasteiger partial charge in [0.05, 0.1) is 30.8 Å². The molecular weight excluding hydrogens is 253 g/mol. The highest BCUT2D eigenvalue weighted by molar-refractivity contribution is 5.70. The van der Waals surface area contributed by atoms with Crippen LogP contribution in [0.15, 0.2) is 18.2 Å². The average molecular weight is 267 g/mol. The van der Waals surface area contributed by atoms with Crippen molar-refractivity contribution >= 4 is 5.97 Å². The summed E-state index contributed by atoms with van der Waals surface area (Å²) in [7, 11) is 0. The molecule has 5 nitrogen and oxygen atoms in total. The van der Waals surface area contributed by atoms with E-state index in [1.165, 1.54) is 6.07 Å². The standard InChI is InChI=1S/C13H14FNO4/c1-2-19-12(17)6-11(16)13(18)10-4-3-9(14)5-8(10)7-15/h3-5,11,13,16,18H,2,6H2,1H3. The molecular formula is C13H14FNO4. The predicted octanol–water partition coefficient (Wildman–Crippen LogP) is 1.04. The van der Waals surface area contributed by atoms with Gasteiger partial charge in [-0.1, -0.05) is 6.07 Å². The van der Waals surface area contributed by atoms with Gasteiger partial charge in [0, 0.05) is 5.56 Å². The zero-order chi connectivity index (χ0) is 14.4. The van der Waals surface area contributed by atoms with Gasteiger partial charge in [0.2, 0.25) is 0 Å². The molecule has 2 unspecified atom stereocenters. The van der Waals surface area contributed by atoms with Crippen molar-refractivity contribution in [3.8, 4) is 6.07 Å². The summed E-state index contributed by atoms with van der Waals surface area (Å²) in [4.78, 5) is 11.2. The van der Waals surface area contributed by atoms with Crippen LogP contribution < -0.4 is 0 Å². The zero-order valence-corrected chi connectivity index (χ0v) is 10.3. The molecule has 0 amide bonds. The number of nitriles is 1. The van der Waals surface area contributed by atoms with Crippen molar-refractivity contribution < 1.29 is 24.1 Å². The van der Waals surface area contributed by atoms with E-state index in [0.29, 0.717) is 0 Å². The van der Waals surface area contributed by atoms with Crippen molar-refractivity contribution in [2.75, 3.05) is 6.61 Å². The van der Waals surface area contributed by atoms with E-state index in [-0.39, 0.29) is 17.7 Å². The number of carbonyl (C=O) groups is 1. The maximum Gasteiger partial charge on any atom is 0.308 e. The number of hydrogen-bond acceptors (Lipinski definition) is 5. The van der Waals surface area contributed by atoms with Crippen molar-refractivity contribution in [3.63, 3.8) is 0 Å². The van der Waals surface area contributed by atoms with Gasteiger partial charge in [0.1, 0.15) is 11.9 Å². The van der Waals surface area contributed by atoms with Crippen LogP contribution in [0.2, 0.25) is 0 Å². The van der Waals surface area contributed by atoms with Crippen LogP contribution in [0.4, 0.5) is 4.39 Å². The van der Waals surface area contributed by atoms with Gasteiger partial charge in [0.15, 0.2) is 0 Å². The zero-order valence-electron chi connectivity index (χ0n) is 10.3. The Morgan fingerprint density at radius 1 is 1.53 bits per heavy atom. The Hall–Kier alpha value is -1.97. The molecule has 0 aromatic heterocycles. The lowest BCUT2D eigenvalue weighted by Crippen LogP contribution is -2.23. The van der Waals surface area contributed by atoms with Crippen LogP contribution in [0.1, 0.15) is 30.6 Å². The molecule has 0 aliphatic rings. The summed E-state index contributed by atoms with van der Waals surface area (Å²) in [6, 6.07) is 4.94. The number of halogens is 1. The molecule has 19 heavy (non-hydrogen) atoms. The number of ether oxygens (including phenoxy) is 1. The molecule has 0 aliphatic carbocycles. The second-order valence-electron chi connectivity index (χ2n) is 3.86. The number of hydrogen-bond donors (Lipinski definition) is 2. The first kappa shape index (κ1) is 15.1. The quantitative estimate of drug-likeness (QED) is 0.778. The summed E-state index contributed by atoms with van der Waals surface area (Å²) in [6.45, 7) is 1.79. The minimum atomic E-state index is -1.46. The van der Waals surface area contributed by atoms with Gasteiger partial charge in [0.25, 0.3) is 0 Å². The predicted molar refractivity (Wildman–Crippen MR) is 63.3 cm³/mol. The van der Waals surface area contributed by atoms with E-state index in [9.17, 15) is 19.4 Å². The van der Waals surface area contributed by atoms with E-state index in [1.54, 1.807) is 13.0 Å². The van der Waals surface area contributed by atoms with Crippen LogP contribution >= 0.6 is 0 Å². The summed E-state index contributed by atoms with van der Waals surface area (Å²) >= 11 is 0. The third-order valence-electron chi connectivity index (χ3n) is 2.50. The Bertz CT molecular complexity index is 498.